The molecule has 0 aliphatic carbocycles. The van der Waals surface area contributed by atoms with Gasteiger partial charge in [0.15, 0.2) is 0 Å². The maximum Gasteiger partial charge on any atom is 0.255 e. The minimum absolute atomic E-state index is 0.171. The number of aryl methyl sites for hydroxylation is 1. The largest absolute Gasteiger partial charge is 0.372 e. The first-order valence-corrected chi connectivity index (χ1v) is 5.59. The van der Waals surface area contributed by atoms with Crippen LogP contribution in [0.4, 0.5) is 5.82 Å². The number of pyridine rings is 1. The zero-order valence-corrected chi connectivity index (χ0v) is 10.3. The van der Waals surface area contributed by atoms with Crippen LogP contribution in [0.5, 0.6) is 0 Å². The molecule has 0 aromatic carbocycles. The third-order valence-electron chi connectivity index (χ3n) is 2.62. The minimum atomic E-state index is -0.171. The molecule has 0 aliphatic rings. The summed E-state index contributed by atoms with van der Waals surface area (Å²) in [6.07, 6.45) is 5.18. The number of nitrogens with zero attached hydrogens (tertiary/aromatic N) is 3. The summed E-state index contributed by atoms with van der Waals surface area (Å²) in [7, 11) is 3.62. The fourth-order valence-corrected chi connectivity index (χ4v) is 1.61. The van der Waals surface area contributed by atoms with Crippen LogP contribution in [-0.4, -0.2) is 27.5 Å². The molecule has 0 saturated heterocycles. The third-order valence-corrected chi connectivity index (χ3v) is 2.62. The molecular weight excluding hydrogens is 230 g/mol. The van der Waals surface area contributed by atoms with Crippen molar-refractivity contribution in [2.45, 2.75) is 6.54 Å². The maximum absolute atomic E-state index is 12.0. The molecule has 0 spiro atoms. The Morgan fingerprint density at radius 2 is 2.22 bits per heavy atom. The quantitative estimate of drug-likeness (QED) is 0.835. The van der Waals surface area contributed by atoms with Crippen LogP contribution in [0.2, 0.25) is 0 Å². The van der Waals surface area contributed by atoms with E-state index >= 15 is 0 Å². The number of hydrogen-bond acceptors (Lipinski definition) is 4. The second-order valence-corrected chi connectivity index (χ2v) is 3.79. The van der Waals surface area contributed by atoms with Gasteiger partial charge in [0.1, 0.15) is 11.6 Å². The number of carbonyl (C=O) groups is 1. The van der Waals surface area contributed by atoms with Crippen molar-refractivity contribution in [2.24, 2.45) is 7.05 Å². The standard InChI is InChI=1S/C12H15N5O/c1-13-11-9(4-3-5-15-11)12(18)16-8-10-14-6-7-17(10)2/h3-7H,8H2,1-2H3,(H,13,15)(H,16,18). The predicted molar refractivity (Wildman–Crippen MR) is 68.2 cm³/mol. The number of rotatable bonds is 4. The molecule has 1 amide bonds. The van der Waals surface area contributed by atoms with E-state index in [1.807, 2.05) is 17.8 Å². The predicted octanol–water partition coefficient (Wildman–Crippen LogP) is 0.787. The summed E-state index contributed by atoms with van der Waals surface area (Å²) >= 11 is 0. The highest BCUT2D eigenvalue weighted by Crippen LogP contribution is 2.10. The monoisotopic (exact) mass is 245 g/mol. The number of aromatic nitrogens is 3. The highest BCUT2D eigenvalue weighted by molar-refractivity contribution is 5.98. The lowest BCUT2D eigenvalue weighted by atomic mass is 10.2. The lowest BCUT2D eigenvalue weighted by molar-refractivity contribution is 0.0950. The topological polar surface area (TPSA) is 71.8 Å². The highest BCUT2D eigenvalue weighted by Gasteiger charge is 2.11. The van der Waals surface area contributed by atoms with Crippen molar-refractivity contribution in [1.82, 2.24) is 19.9 Å². The first-order chi connectivity index (χ1) is 8.72. The van der Waals surface area contributed by atoms with Gasteiger partial charge in [-0.15, -0.1) is 0 Å². The van der Waals surface area contributed by atoms with Gasteiger partial charge in [0.05, 0.1) is 12.1 Å². The van der Waals surface area contributed by atoms with Crippen molar-refractivity contribution in [2.75, 3.05) is 12.4 Å². The van der Waals surface area contributed by atoms with Crippen LogP contribution in [-0.2, 0) is 13.6 Å². The number of anilines is 1. The molecule has 2 N–H and O–H groups in total. The van der Waals surface area contributed by atoms with Crippen LogP contribution in [0.1, 0.15) is 16.2 Å². The Hall–Kier alpha value is -2.37. The fraction of sp³-hybridized carbons (Fsp3) is 0.250. The van der Waals surface area contributed by atoms with E-state index in [-0.39, 0.29) is 5.91 Å². The van der Waals surface area contributed by atoms with Crippen LogP contribution in [0.25, 0.3) is 0 Å². The highest BCUT2D eigenvalue weighted by atomic mass is 16.1. The van der Waals surface area contributed by atoms with E-state index in [4.69, 9.17) is 0 Å². The molecule has 0 atom stereocenters. The van der Waals surface area contributed by atoms with Gasteiger partial charge in [0.2, 0.25) is 0 Å². The molecule has 0 unspecified atom stereocenters. The van der Waals surface area contributed by atoms with Gasteiger partial charge in [-0.2, -0.15) is 0 Å². The Bertz CT molecular complexity index is 549. The number of amides is 1. The average molecular weight is 245 g/mol. The summed E-state index contributed by atoms with van der Waals surface area (Å²) in [6.45, 7) is 0.389. The SMILES string of the molecule is CNc1ncccc1C(=O)NCc1nccn1C. The summed E-state index contributed by atoms with van der Waals surface area (Å²) < 4.78 is 1.86. The van der Waals surface area contributed by atoms with E-state index in [0.29, 0.717) is 17.9 Å². The normalized spacial score (nSPS) is 10.1. The van der Waals surface area contributed by atoms with Crippen LogP contribution >= 0.6 is 0 Å². The lowest BCUT2D eigenvalue weighted by Gasteiger charge is -2.08. The van der Waals surface area contributed by atoms with Gasteiger partial charge < -0.3 is 15.2 Å². The van der Waals surface area contributed by atoms with Crippen LogP contribution in [0, 0.1) is 0 Å². The molecule has 0 saturated carbocycles. The van der Waals surface area contributed by atoms with Crippen molar-refractivity contribution in [3.05, 3.63) is 42.1 Å². The zero-order chi connectivity index (χ0) is 13.0. The minimum Gasteiger partial charge on any atom is -0.372 e. The van der Waals surface area contributed by atoms with Gasteiger partial charge in [-0.25, -0.2) is 9.97 Å². The van der Waals surface area contributed by atoms with Crippen molar-refractivity contribution >= 4 is 11.7 Å². The van der Waals surface area contributed by atoms with Gasteiger partial charge in [-0.3, -0.25) is 4.79 Å². The Balaban J connectivity index is 2.06. The molecule has 6 heteroatoms. The van der Waals surface area contributed by atoms with Gasteiger partial charge in [0, 0.05) is 32.7 Å². The number of carbonyl (C=O) groups excluding carboxylic acids is 1. The smallest absolute Gasteiger partial charge is 0.255 e. The van der Waals surface area contributed by atoms with Gasteiger partial charge in [-0.1, -0.05) is 0 Å². The second-order valence-electron chi connectivity index (χ2n) is 3.79. The molecule has 2 aromatic heterocycles. The van der Waals surface area contributed by atoms with E-state index in [9.17, 15) is 4.79 Å². The molecular formula is C12H15N5O. The number of imidazole rings is 1. The summed E-state index contributed by atoms with van der Waals surface area (Å²) in [4.78, 5) is 20.2. The lowest BCUT2D eigenvalue weighted by Crippen LogP contribution is -2.25. The summed E-state index contributed by atoms with van der Waals surface area (Å²) in [5.41, 5.74) is 0.522. The molecule has 18 heavy (non-hydrogen) atoms. The molecule has 0 fully saturated rings. The molecule has 0 bridgehead atoms. The van der Waals surface area contributed by atoms with E-state index in [0.717, 1.165) is 5.82 Å². The van der Waals surface area contributed by atoms with E-state index in [1.54, 1.807) is 31.6 Å². The van der Waals surface area contributed by atoms with E-state index < -0.39 is 0 Å². The number of hydrogen-bond donors (Lipinski definition) is 2. The molecule has 2 aromatic rings. The zero-order valence-electron chi connectivity index (χ0n) is 10.3. The second kappa shape index (κ2) is 5.31. The van der Waals surface area contributed by atoms with Gasteiger partial charge in [0.25, 0.3) is 5.91 Å². The Morgan fingerprint density at radius 1 is 1.39 bits per heavy atom. The maximum atomic E-state index is 12.0. The fourth-order valence-electron chi connectivity index (χ4n) is 1.61. The first-order valence-electron chi connectivity index (χ1n) is 5.59. The molecule has 2 heterocycles. The first kappa shape index (κ1) is 12.1. The van der Waals surface area contributed by atoms with E-state index in [1.165, 1.54) is 0 Å². The van der Waals surface area contributed by atoms with Crippen LogP contribution in [0.15, 0.2) is 30.7 Å². The van der Waals surface area contributed by atoms with Crippen molar-refractivity contribution in [1.29, 1.82) is 0 Å². The molecule has 0 aliphatic heterocycles. The summed E-state index contributed by atoms with van der Waals surface area (Å²) in [5.74, 6) is 1.20. The molecule has 6 nitrogen and oxygen atoms in total. The van der Waals surface area contributed by atoms with Crippen molar-refractivity contribution < 1.29 is 4.79 Å². The van der Waals surface area contributed by atoms with Crippen molar-refractivity contribution in [3.8, 4) is 0 Å². The summed E-state index contributed by atoms with van der Waals surface area (Å²) in [5, 5.41) is 5.70. The van der Waals surface area contributed by atoms with Crippen LogP contribution in [0.3, 0.4) is 0 Å². The third kappa shape index (κ3) is 2.48. The molecule has 94 valence electrons. The van der Waals surface area contributed by atoms with Crippen molar-refractivity contribution in [3.63, 3.8) is 0 Å². The molecule has 2 rings (SSSR count). The van der Waals surface area contributed by atoms with E-state index in [2.05, 4.69) is 20.6 Å². The van der Waals surface area contributed by atoms with Gasteiger partial charge >= 0.3 is 0 Å². The number of nitrogens with one attached hydrogen (secondary N) is 2. The molecule has 0 radical (unpaired) electrons. The Labute approximate surface area is 105 Å². The summed E-state index contributed by atoms with van der Waals surface area (Å²) in [6, 6.07) is 3.46. The Kier molecular flexibility index (Phi) is 3.57. The van der Waals surface area contributed by atoms with Crippen LogP contribution < -0.4 is 10.6 Å². The van der Waals surface area contributed by atoms with Gasteiger partial charge in [-0.05, 0) is 12.1 Å². The average Bonchev–Trinajstić information content (AvgIpc) is 2.81. The Morgan fingerprint density at radius 3 is 2.89 bits per heavy atom.